The lowest BCUT2D eigenvalue weighted by atomic mass is 9.96. The molecule has 0 saturated carbocycles. The summed E-state index contributed by atoms with van der Waals surface area (Å²) in [5, 5.41) is 0. The molecule has 0 unspecified atom stereocenters. The number of carbonyl (C=O) groups excluding carboxylic acids is 1. The van der Waals surface area contributed by atoms with Crippen LogP contribution in [0.5, 0.6) is 0 Å². The van der Waals surface area contributed by atoms with Gasteiger partial charge in [-0.3, -0.25) is 9.20 Å². The third-order valence-electron chi connectivity index (χ3n) is 2.91. The second-order valence-corrected chi connectivity index (χ2v) is 5.69. The predicted molar refractivity (Wildman–Crippen MR) is 73.6 cm³/mol. The molecule has 2 aromatic rings. The van der Waals surface area contributed by atoms with Crippen molar-refractivity contribution in [3.8, 4) is 0 Å². The summed E-state index contributed by atoms with van der Waals surface area (Å²) in [6.45, 7) is 6.30. The van der Waals surface area contributed by atoms with Crippen molar-refractivity contribution in [2.24, 2.45) is 0 Å². The first-order valence-corrected chi connectivity index (χ1v) is 6.00. The standard InChI is InChI=1S/C14H19N3O/c1-14(2,3)13-15-10(9-18)11-7-6-8-12(16(4)5)17(11)13/h6-9H,1-5H3. The first-order chi connectivity index (χ1) is 8.36. The maximum Gasteiger partial charge on any atom is 0.170 e. The van der Waals surface area contributed by atoms with Crippen molar-refractivity contribution in [1.82, 2.24) is 9.38 Å². The summed E-state index contributed by atoms with van der Waals surface area (Å²) in [6, 6.07) is 5.91. The normalized spacial score (nSPS) is 11.8. The van der Waals surface area contributed by atoms with Gasteiger partial charge in [0.15, 0.2) is 6.29 Å². The molecule has 18 heavy (non-hydrogen) atoms. The highest BCUT2D eigenvalue weighted by Crippen LogP contribution is 2.28. The van der Waals surface area contributed by atoms with E-state index in [-0.39, 0.29) is 5.41 Å². The van der Waals surface area contributed by atoms with Crippen molar-refractivity contribution in [2.75, 3.05) is 19.0 Å². The molecular weight excluding hydrogens is 226 g/mol. The summed E-state index contributed by atoms with van der Waals surface area (Å²) in [5.41, 5.74) is 1.25. The van der Waals surface area contributed by atoms with Crippen LogP contribution in [0.1, 0.15) is 37.1 Å². The van der Waals surface area contributed by atoms with Crippen LogP contribution in [0.2, 0.25) is 0 Å². The molecule has 2 rings (SSSR count). The summed E-state index contributed by atoms with van der Waals surface area (Å²) in [5.74, 6) is 1.93. The van der Waals surface area contributed by atoms with E-state index in [9.17, 15) is 4.79 Å². The number of fused-ring (bicyclic) bond motifs is 1. The van der Waals surface area contributed by atoms with Crippen LogP contribution in [0.25, 0.3) is 5.52 Å². The number of imidazole rings is 1. The van der Waals surface area contributed by atoms with Gasteiger partial charge in [0, 0.05) is 19.5 Å². The highest BCUT2D eigenvalue weighted by Gasteiger charge is 2.24. The summed E-state index contributed by atoms with van der Waals surface area (Å²) >= 11 is 0. The van der Waals surface area contributed by atoms with E-state index in [0.717, 1.165) is 23.4 Å². The van der Waals surface area contributed by atoms with Gasteiger partial charge in [0.1, 0.15) is 17.3 Å². The zero-order chi connectivity index (χ0) is 13.5. The van der Waals surface area contributed by atoms with E-state index in [1.165, 1.54) is 0 Å². The van der Waals surface area contributed by atoms with E-state index in [2.05, 4.69) is 30.2 Å². The number of nitrogens with zero attached hydrogens (tertiary/aromatic N) is 3. The minimum absolute atomic E-state index is 0.115. The molecule has 0 radical (unpaired) electrons. The molecule has 0 fully saturated rings. The minimum Gasteiger partial charge on any atom is -0.364 e. The first kappa shape index (κ1) is 12.6. The fourth-order valence-electron chi connectivity index (χ4n) is 2.08. The van der Waals surface area contributed by atoms with Gasteiger partial charge in [-0.1, -0.05) is 26.8 Å². The average Bonchev–Trinajstić information content (AvgIpc) is 2.66. The van der Waals surface area contributed by atoms with Crippen LogP contribution in [-0.2, 0) is 5.41 Å². The molecule has 0 saturated heterocycles. The number of aldehydes is 1. The Morgan fingerprint density at radius 3 is 2.44 bits per heavy atom. The van der Waals surface area contributed by atoms with Crippen LogP contribution in [-0.4, -0.2) is 29.8 Å². The Morgan fingerprint density at radius 2 is 1.94 bits per heavy atom. The maximum atomic E-state index is 11.2. The minimum atomic E-state index is -0.115. The lowest BCUT2D eigenvalue weighted by Gasteiger charge is -2.21. The summed E-state index contributed by atoms with van der Waals surface area (Å²) in [6.07, 6.45) is 0.823. The molecule has 4 heteroatoms. The van der Waals surface area contributed by atoms with Gasteiger partial charge >= 0.3 is 0 Å². The van der Waals surface area contributed by atoms with Gasteiger partial charge < -0.3 is 4.90 Å². The van der Waals surface area contributed by atoms with Gasteiger partial charge in [0.05, 0.1) is 5.52 Å². The molecule has 0 N–H and O–H groups in total. The van der Waals surface area contributed by atoms with Gasteiger partial charge in [0.25, 0.3) is 0 Å². The van der Waals surface area contributed by atoms with Crippen molar-refractivity contribution >= 4 is 17.6 Å². The topological polar surface area (TPSA) is 37.6 Å². The lowest BCUT2D eigenvalue weighted by Crippen LogP contribution is -2.20. The number of carbonyl (C=O) groups is 1. The van der Waals surface area contributed by atoms with E-state index in [0.29, 0.717) is 5.69 Å². The molecule has 2 heterocycles. The number of pyridine rings is 1. The summed E-state index contributed by atoms with van der Waals surface area (Å²) in [7, 11) is 3.98. The van der Waals surface area contributed by atoms with Gasteiger partial charge in [-0.15, -0.1) is 0 Å². The number of hydrogen-bond donors (Lipinski definition) is 0. The highest BCUT2D eigenvalue weighted by molar-refractivity contribution is 5.84. The van der Waals surface area contributed by atoms with Gasteiger partial charge in [-0.2, -0.15) is 0 Å². The van der Waals surface area contributed by atoms with E-state index >= 15 is 0 Å². The molecule has 4 nitrogen and oxygen atoms in total. The second-order valence-electron chi connectivity index (χ2n) is 5.69. The Balaban J connectivity index is 2.90. The quantitative estimate of drug-likeness (QED) is 0.763. The van der Waals surface area contributed by atoms with Gasteiger partial charge in [-0.05, 0) is 12.1 Å². The summed E-state index contributed by atoms with van der Waals surface area (Å²) in [4.78, 5) is 17.7. The second kappa shape index (κ2) is 4.12. The fourth-order valence-corrected chi connectivity index (χ4v) is 2.08. The van der Waals surface area contributed by atoms with E-state index in [1.807, 2.05) is 37.2 Å². The fraction of sp³-hybridized carbons (Fsp3) is 0.429. The third-order valence-corrected chi connectivity index (χ3v) is 2.91. The van der Waals surface area contributed by atoms with Crippen molar-refractivity contribution in [3.05, 3.63) is 29.7 Å². The molecule has 0 atom stereocenters. The van der Waals surface area contributed by atoms with Crippen molar-refractivity contribution in [1.29, 1.82) is 0 Å². The van der Waals surface area contributed by atoms with Crippen LogP contribution in [0, 0.1) is 0 Å². The van der Waals surface area contributed by atoms with E-state index in [1.54, 1.807) is 0 Å². The molecule has 0 aliphatic heterocycles. The first-order valence-electron chi connectivity index (χ1n) is 6.00. The molecule has 0 amide bonds. The van der Waals surface area contributed by atoms with Crippen LogP contribution in [0.4, 0.5) is 5.82 Å². The zero-order valence-electron chi connectivity index (χ0n) is 11.6. The van der Waals surface area contributed by atoms with Crippen LogP contribution >= 0.6 is 0 Å². The van der Waals surface area contributed by atoms with Crippen LogP contribution in [0.3, 0.4) is 0 Å². The molecule has 0 aromatic carbocycles. The Morgan fingerprint density at radius 1 is 1.28 bits per heavy atom. The van der Waals surface area contributed by atoms with Crippen molar-refractivity contribution in [2.45, 2.75) is 26.2 Å². The average molecular weight is 245 g/mol. The van der Waals surface area contributed by atoms with E-state index < -0.39 is 0 Å². The maximum absolute atomic E-state index is 11.2. The number of rotatable bonds is 2. The van der Waals surface area contributed by atoms with Crippen LogP contribution < -0.4 is 4.90 Å². The monoisotopic (exact) mass is 245 g/mol. The molecule has 2 aromatic heterocycles. The zero-order valence-corrected chi connectivity index (χ0v) is 11.6. The van der Waals surface area contributed by atoms with Crippen molar-refractivity contribution in [3.63, 3.8) is 0 Å². The number of hydrogen-bond acceptors (Lipinski definition) is 3. The predicted octanol–water partition coefficient (Wildman–Crippen LogP) is 2.51. The molecule has 96 valence electrons. The molecule has 0 aliphatic carbocycles. The molecule has 0 aliphatic rings. The Hall–Kier alpha value is -1.84. The third kappa shape index (κ3) is 1.88. The van der Waals surface area contributed by atoms with Gasteiger partial charge in [-0.25, -0.2) is 4.98 Å². The highest BCUT2D eigenvalue weighted by atomic mass is 16.1. The molecular formula is C14H19N3O. The van der Waals surface area contributed by atoms with Gasteiger partial charge in [0.2, 0.25) is 0 Å². The SMILES string of the molecule is CN(C)c1cccc2c(C=O)nc(C(C)(C)C)n12. The lowest BCUT2D eigenvalue weighted by molar-refractivity contribution is 0.112. The number of anilines is 1. The Labute approximate surface area is 107 Å². The Bertz CT molecular complexity index is 591. The van der Waals surface area contributed by atoms with Crippen molar-refractivity contribution < 1.29 is 4.79 Å². The Kier molecular flexibility index (Phi) is 2.89. The van der Waals surface area contributed by atoms with Crippen LogP contribution in [0.15, 0.2) is 18.2 Å². The molecule has 0 spiro atoms. The largest absolute Gasteiger partial charge is 0.364 e. The number of aromatic nitrogens is 2. The molecule has 0 bridgehead atoms. The summed E-state index contributed by atoms with van der Waals surface area (Å²) < 4.78 is 2.06. The smallest absolute Gasteiger partial charge is 0.170 e. The van der Waals surface area contributed by atoms with E-state index in [4.69, 9.17) is 0 Å².